The van der Waals surface area contributed by atoms with Gasteiger partial charge in [0.1, 0.15) is 5.75 Å². The van der Waals surface area contributed by atoms with Crippen molar-refractivity contribution >= 4 is 23.5 Å². The standard InChI is InChI=1S/C29H24N2O4/c1-20(32)35-27-12-6-10-25(18-27)29(34)31-26-11-5-7-21(17-26)19-30-28(33)24-15-13-23(14-16-24)22-8-3-2-4-9-22/h2-18H,19H2,1H3,(H,30,33)(H,31,34). The summed E-state index contributed by atoms with van der Waals surface area (Å²) in [6.07, 6.45) is 0. The molecule has 0 aliphatic carbocycles. The highest BCUT2D eigenvalue weighted by atomic mass is 16.5. The van der Waals surface area contributed by atoms with E-state index in [1.807, 2.05) is 48.5 Å². The van der Waals surface area contributed by atoms with Gasteiger partial charge in [0.05, 0.1) is 0 Å². The number of amides is 2. The summed E-state index contributed by atoms with van der Waals surface area (Å²) in [6.45, 7) is 1.61. The third-order valence-electron chi connectivity index (χ3n) is 5.25. The van der Waals surface area contributed by atoms with Crippen LogP contribution in [0.15, 0.2) is 103 Å². The van der Waals surface area contributed by atoms with Gasteiger partial charge in [-0.3, -0.25) is 14.4 Å². The Balaban J connectivity index is 1.36. The molecule has 4 aromatic rings. The Kier molecular flexibility index (Phi) is 7.33. The van der Waals surface area contributed by atoms with Gasteiger partial charge in [0.15, 0.2) is 0 Å². The second-order valence-electron chi connectivity index (χ2n) is 7.90. The molecule has 0 spiro atoms. The number of ether oxygens (including phenoxy) is 1. The molecule has 0 radical (unpaired) electrons. The fraction of sp³-hybridized carbons (Fsp3) is 0.0690. The molecule has 6 nitrogen and oxygen atoms in total. The Labute approximate surface area is 203 Å². The van der Waals surface area contributed by atoms with Crippen LogP contribution in [0.5, 0.6) is 5.75 Å². The first-order valence-corrected chi connectivity index (χ1v) is 11.1. The third-order valence-corrected chi connectivity index (χ3v) is 5.25. The van der Waals surface area contributed by atoms with Crippen molar-refractivity contribution in [2.24, 2.45) is 0 Å². The van der Waals surface area contributed by atoms with Crippen LogP contribution in [0.25, 0.3) is 11.1 Å². The summed E-state index contributed by atoms with van der Waals surface area (Å²) in [5.74, 6) is -0.664. The maximum atomic E-state index is 12.6. The first kappa shape index (κ1) is 23.4. The predicted octanol–water partition coefficient (Wildman–Crippen LogP) is 5.46. The molecule has 4 rings (SSSR count). The van der Waals surface area contributed by atoms with E-state index in [1.165, 1.54) is 13.0 Å². The minimum absolute atomic E-state index is 0.179. The van der Waals surface area contributed by atoms with Crippen molar-refractivity contribution in [1.82, 2.24) is 5.32 Å². The minimum atomic E-state index is -0.454. The van der Waals surface area contributed by atoms with Gasteiger partial charge < -0.3 is 15.4 Å². The first-order valence-electron chi connectivity index (χ1n) is 11.1. The van der Waals surface area contributed by atoms with Crippen LogP contribution in [0.2, 0.25) is 0 Å². The minimum Gasteiger partial charge on any atom is -0.427 e. The average Bonchev–Trinajstić information content (AvgIpc) is 2.88. The average molecular weight is 465 g/mol. The van der Waals surface area contributed by atoms with Gasteiger partial charge in [-0.1, -0.05) is 60.7 Å². The molecule has 0 aromatic heterocycles. The number of hydrogen-bond donors (Lipinski definition) is 2. The Morgan fingerprint density at radius 3 is 2.14 bits per heavy atom. The van der Waals surface area contributed by atoms with Gasteiger partial charge in [0.2, 0.25) is 0 Å². The molecule has 6 heteroatoms. The van der Waals surface area contributed by atoms with E-state index >= 15 is 0 Å². The summed E-state index contributed by atoms with van der Waals surface area (Å²) < 4.78 is 5.04. The van der Waals surface area contributed by atoms with Crippen LogP contribution in [-0.2, 0) is 11.3 Å². The molecule has 0 fully saturated rings. The lowest BCUT2D eigenvalue weighted by Gasteiger charge is -2.10. The molecule has 2 amide bonds. The normalized spacial score (nSPS) is 10.3. The second-order valence-corrected chi connectivity index (χ2v) is 7.90. The highest BCUT2D eigenvalue weighted by molar-refractivity contribution is 6.04. The van der Waals surface area contributed by atoms with Crippen LogP contribution < -0.4 is 15.4 Å². The highest BCUT2D eigenvalue weighted by Gasteiger charge is 2.10. The van der Waals surface area contributed by atoms with E-state index in [0.717, 1.165) is 16.7 Å². The molecule has 0 aliphatic rings. The lowest BCUT2D eigenvalue weighted by atomic mass is 10.0. The molecule has 0 aliphatic heterocycles. The van der Waals surface area contributed by atoms with Crippen molar-refractivity contribution in [1.29, 1.82) is 0 Å². The molecule has 2 N–H and O–H groups in total. The van der Waals surface area contributed by atoms with Gasteiger partial charge in [-0.25, -0.2) is 0 Å². The van der Waals surface area contributed by atoms with E-state index in [9.17, 15) is 14.4 Å². The molecular weight excluding hydrogens is 440 g/mol. The number of carbonyl (C=O) groups is 3. The Morgan fingerprint density at radius 2 is 1.40 bits per heavy atom. The third kappa shape index (κ3) is 6.42. The second kappa shape index (κ2) is 10.9. The summed E-state index contributed by atoms with van der Waals surface area (Å²) in [5.41, 5.74) is 4.50. The number of hydrogen-bond acceptors (Lipinski definition) is 4. The lowest BCUT2D eigenvalue weighted by molar-refractivity contribution is -0.131. The Bertz CT molecular complexity index is 1350. The number of nitrogens with one attached hydrogen (secondary N) is 2. The quantitative estimate of drug-likeness (QED) is 0.281. The van der Waals surface area contributed by atoms with Gasteiger partial charge in [-0.2, -0.15) is 0 Å². The van der Waals surface area contributed by atoms with Gasteiger partial charge in [0.25, 0.3) is 11.8 Å². The molecule has 174 valence electrons. The topological polar surface area (TPSA) is 84.5 Å². The highest BCUT2D eigenvalue weighted by Crippen LogP contribution is 2.20. The smallest absolute Gasteiger partial charge is 0.308 e. The zero-order chi connectivity index (χ0) is 24.6. The van der Waals surface area contributed by atoms with Crippen LogP contribution in [0.1, 0.15) is 33.2 Å². The van der Waals surface area contributed by atoms with Gasteiger partial charge in [-0.05, 0) is 59.2 Å². The number of rotatable bonds is 7. The molecule has 0 heterocycles. The molecule has 35 heavy (non-hydrogen) atoms. The van der Waals surface area contributed by atoms with Crippen LogP contribution in [0.3, 0.4) is 0 Å². The summed E-state index contributed by atoms with van der Waals surface area (Å²) in [6, 6.07) is 31.1. The van der Waals surface area contributed by atoms with E-state index in [2.05, 4.69) is 10.6 Å². The van der Waals surface area contributed by atoms with E-state index in [1.54, 1.807) is 48.5 Å². The van der Waals surface area contributed by atoms with E-state index in [-0.39, 0.29) is 11.8 Å². The first-order chi connectivity index (χ1) is 17.0. The Morgan fingerprint density at radius 1 is 0.686 bits per heavy atom. The fourth-order valence-electron chi connectivity index (χ4n) is 3.56. The lowest BCUT2D eigenvalue weighted by Crippen LogP contribution is -2.22. The summed E-state index contributed by atoms with van der Waals surface area (Å²) in [4.78, 5) is 36.4. The summed E-state index contributed by atoms with van der Waals surface area (Å²) in [5, 5.41) is 5.74. The maximum absolute atomic E-state index is 12.6. The molecule has 0 saturated heterocycles. The fourth-order valence-corrected chi connectivity index (χ4v) is 3.56. The predicted molar refractivity (Wildman–Crippen MR) is 135 cm³/mol. The number of benzene rings is 4. The molecule has 0 bridgehead atoms. The molecule has 4 aromatic carbocycles. The van der Waals surface area contributed by atoms with Crippen molar-refractivity contribution in [3.63, 3.8) is 0 Å². The SMILES string of the molecule is CC(=O)Oc1cccc(C(=O)Nc2cccc(CNC(=O)c3ccc(-c4ccccc4)cc3)c2)c1. The van der Waals surface area contributed by atoms with Crippen LogP contribution in [-0.4, -0.2) is 17.8 Å². The van der Waals surface area contributed by atoms with Crippen molar-refractivity contribution < 1.29 is 19.1 Å². The van der Waals surface area contributed by atoms with Crippen molar-refractivity contribution in [3.8, 4) is 16.9 Å². The number of esters is 1. The summed E-state index contributed by atoms with van der Waals surface area (Å²) in [7, 11) is 0. The molecule has 0 unspecified atom stereocenters. The van der Waals surface area contributed by atoms with Gasteiger partial charge in [0, 0.05) is 30.3 Å². The maximum Gasteiger partial charge on any atom is 0.308 e. The van der Waals surface area contributed by atoms with Crippen LogP contribution >= 0.6 is 0 Å². The van der Waals surface area contributed by atoms with Crippen LogP contribution in [0.4, 0.5) is 5.69 Å². The van der Waals surface area contributed by atoms with Crippen LogP contribution in [0, 0.1) is 0 Å². The zero-order valence-corrected chi connectivity index (χ0v) is 19.2. The van der Waals surface area contributed by atoms with Crippen molar-refractivity contribution in [2.45, 2.75) is 13.5 Å². The van der Waals surface area contributed by atoms with Crippen molar-refractivity contribution in [2.75, 3.05) is 5.32 Å². The molecular formula is C29H24N2O4. The Hall–Kier alpha value is -4.71. The van der Waals surface area contributed by atoms with E-state index in [4.69, 9.17) is 4.74 Å². The molecule has 0 atom stereocenters. The van der Waals surface area contributed by atoms with Crippen molar-refractivity contribution in [3.05, 3.63) is 120 Å². The number of carbonyl (C=O) groups excluding carboxylic acids is 3. The monoisotopic (exact) mass is 464 g/mol. The van der Waals surface area contributed by atoms with E-state index < -0.39 is 5.97 Å². The largest absolute Gasteiger partial charge is 0.427 e. The zero-order valence-electron chi connectivity index (χ0n) is 19.2. The molecule has 0 saturated carbocycles. The summed E-state index contributed by atoms with van der Waals surface area (Å²) >= 11 is 0. The van der Waals surface area contributed by atoms with Gasteiger partial charge in [-0.15, -0.1) is 0 Å². The number of anilines is 1. The van der Waals surface area contributed by atoms with E-state index in [0.29, 0.717) is 29.1 Å². The van der Waals surface area contributed by atoms with Gasteiger partial charge >= 0.3 is 5.97 Å².